The van der Waals surface area contributed by atoms with Crippen LogP contribution in [0.3, 0.4) is 0 Å². The molecule has 0 saturated carbocycles. The van der Waals surface area contributed by atoms with Crippen LogP contribution in [0, 0.1) is 5.92 Å². The molecule has 3 rings (SSSR count). The molecule has 1 N–H and O–H groups in total. The molecule has 0 bridgehead atoms. The molecule has 1 saturated heterocycles. The molecule has 6 nitrogen and oxygen atoms in total. The number of carbonyl (C=O) groups is 2. The molecule has 0 aliphatic carbocycles. The number of methoxy groups -OCH3 is 1. The molecule has 0 radical (unpaired) electrons. The number of nitrogens with zero attached hydrogens (tertiary/aromatic N) is 1. The van der Waals surface area contributed by atoms with Gasteiger partial charge < -0.3 is 19.7 Å². The van der Waals surface area contributed by atoms with Crippen molar-refractivity contribution >= 4 is 23.6 Å². The Hall–Kier alpha value is -3.28. The van der Waals surface area contributed by atoms with Crippen LogP contribution in [-0.2, 0) is 9.59 Å². The smallest absolute Gasteiger partial charge is 0.244 e. The summed E-state index contributed by atoms with van der Waals surface area (Å²) < 4.78 is 11.3. The van der Waals surface area contributed by atoms with Crippen molar-refractivity contribution in [3.05, 3.63) is 59.7 Å². The molecule has 170 valence electrons. The van der Waals surface area contributed by atoms with Crippen molar-refractivity contribution in [2.75, 3.05) is 25.2 Å². The topological polar surface area (TPSA) is 67.9 Å². The van der Waals surface area contributed by atoms with Crippen LogP contribution in [0.15, 0.2) is 48.5 Å². The summed E-state index contributed by atoms with van der Waals surface area (Å²) in [5, 5.41) is 2.97. The summed E-state index contributed by atoms with van der Waals surface area (Å²) in [5.41, 5.74) is 2.73. The number of amides is 2. The SMILES string of the molecule is COc1cc(C(C)NC(=O)/C=C/c2ccc(N3CCCC3=O)cc2)ccc1OCC(C)C. The zero-order valence-corrected chi connectivity index (χ0v) is 19.3. The van der Waals surface area contributed by atoms with Crippen LogP contribution in [0.2, 0.25) is 0 Å². The molecule has 0 aromatic heterocycles. The van der Waals surface area contributed by atoms with E-state index >= 15 is 0 Å². The average molecular weight is 437 g/mol. The molecule has 0 spiro atoms. The van der Waals surface area contributed by atoms with Crippen molar-refractivity contribution in [2.45, 2.75) is 39.7 Å². The number of anilines is 1. The van der Waals surface area contributed by atoms with Gasteiger partial charge in [-0.15, -0.1) is 0 Å². The van der Waals surface area contributed by atoms with Crippen molar-refractivity contribution in [2.24, 2.45) is 5.92 Å². The molecule has 1 atom stereocenters. The summed E-state index contributed by atoms with van der Waals surface area (Å²) in [6.45, 7) is 7.49. The molecule has 2 aromatic carbocycles. The zero-order chi connectivity index (χ0) is 23.1. The summed E-state index contributed by atoms with van der Waals surface area (Å²) in [4.78, 5) is 26.1. The Labute approximate surface area is 190 Å². The first-order chi connectivity index (χ1) is 15.4. The van der Waals surface area contributed by atoms with Crippen molar-refractivity contribution in [1.29, 1.82) is 0 Å². The normalized spacial score (nSPS) is 14.8. The highest BCUT2D eigenvalue weighted by Gasteiger charge is 2.21. The van der Waals surface area contributed by atoms with Gasteiger partial charge in [-0.2, -0.15) is 0 Å². The molecular formula is C26H32N2O4. The lowest BCUT2D eigenvalue weighted by Crippen LogP contribution is -2.24. The molecule has 6 heteroatoms. The maximum atomic E-state index is 12.4. The van der Waals surface area contributed by atoms with Crippen LogP contribution >= 0.6 is 0 Å². The molecular weight excluding hydrogens is 404 g/mol. The molecule has 2 amide bonds. The lowest BCUT2D eigenvalue weighted by atomic mass is 10.1. The van der Waals surface area contributed by atoms with E-state index in [2.05, 4.69) is 19.2 Å². The molecule has 1 unspecified atom stereocenters. The fraction of sp³-hybridized carbons (Fsp3) is 0.385. The number of benzene rings is 2. The summed E-state index contributed by atoms with van der Waals surface area (Å²) in [6.07, 6.45) is 4.79. The van der Waals surface area contributed by atoms with E-state index in [9.17, 15) is 9.59 Å². The van der Waals surface area contributed by atoms with E-state index in [1.54, 1.807) is 18.1 Å². The molecule has 1 heterocycles. The van der Waals surface area contributed by atoms with Gasteiger partial charge in [0.05, 0.1) is 19.8 Å². The number of hydrogen-bond donors (Lipinski definition) is 1. The summed E-state index contributed by atoms with van der Waals surface area (Å²) in [5.74, 6) is 1.75. The Kier molecular flexibility index (Phi) is 7.92. The highest BCUT2D eigenvalue weighted by molar-refractivity contribution is 5.95. The zero-order valence-electron chi connectivity index (χ0n) is 19.3. The van der Waals surface area contributed by atoms with Crippen molar-refractivity contribution < 1.29 is 19.1 Å². The van der Waals surface area contributed by atoms with E-state index in [0.29, 0.717) is 30.4 Å². The molecule has 32 heavy (non-hydrogen) atoms. The number of nitrogens with one attached hydrogen (secondary N) is 1. The number of carbonyl (C=O) groups excluding carboxylic acids is 2. The highest BCUT2D eigenvalue weighted by atomic mass is 16.5. The quantitative estimate of drug-likeness (QED) is 0.576. The van der Waals surface area contributed by atoms with E-state index in [1.807, 2.05) is 49.4 Å². The van der Waals surface area contributed by atoms with Gasteiger partial charge in [-0.05, 0) is 60.7 Å². The Morgan fingerprint density at radius 1 is 1.12 bits per heavy atom. The average Bonchev–Trinajstić information content (AvgIpc) is 3.22. The minimum absolute atomic E-state index is 0.165. The third-order valence-electron chi connectivity index (χ3n) is 5.32. The van der Waals surface area contributed by atoms with Gasteiger partial charge in [0, 0.05) is 24.7 Å². The fourth-order valence-electron chi connectivity index (χ4n) is 3.53. The second-order valence-corrected chi connectivity index (χ2v) is 8.42. The van der Waals surface area contributed by atoms with E-state index < -0.39 is 0 Å². The summed E-state index contributed by atoms with van der Waals surface area (Å²) in [7, 11) is 1.61. The highest BCUT2D eigenvalue weighted by Crippen LogP contribution is 2.30. The standard InChI is InChI=1S/C26H32N2O4/c1-18(2)17-32-23-13-10-21(16-24(23)31-4)19(3)27-25(29)14-9-20-7-11-22(12-8-20)28-15-5-6-26(28)30/h7-14,16,18-19H,5-6,15,17H2,1-4H3,(H,27,29)/b14-9+. The molecule has 2 aromatic rings. The third-order valence-corrected chi connectivity index (χ3v) is 5.32. The first kappa shape index (κ1) is 23.4. The van der Waals surface area contributed by atoms with Crippen molar-refractivity contribution in [3.63, 3.8) is 0 Å². The molecule has 1 fully saturated rings. The maximum Gasteiger partial charge on any atom is 0.244 e. The lowest BCUT2D eigenvalue weighted by Gasteiger charge is -2.17. The number of rotatable bonds is 9. The Morgan fingerprint density at radius 2 is 1.88 bits per heavy atom. The van der Waals surface area contributed by atoms with E-state index in [1.165, 1.54) is 6.08 Å². The number of ether oxygens (including phenoxy) is 2. The van der Waals surface area contributed by atoms with E-state index in [0.717, 1.165) is 29.8 Å². The maximum absolute atomic E-state index is 12.4. The van der Waals surface area contributed by atoms with Gasteiger partial charge in [-0.25, -0.2) is 0 Å². The summed E-state index contributed by atoms with van der Waals surface area (Å²) in [6, 6.07) is 13.2. The van der Waals surface area contributed by atoms with Gasteiger partial charge in [0.1, 0.15) is 0 Å². The monoisotopic (exact) mass is 436 g/mol. The third kappa shape index (κ3) is 6.13. The summed E-state index contributed by atoms with van der Waals surface area (Å²) >= 11 is 0. The van der Waals surface area contributed by atoms with Crippen LogP contribution in [0.1, 0.15) is 50.8 Å². The van der Waals surface area contributed by atoms with Crippen LogP contribution in [0.4, 0.5) is 5.69 Å². The molecule has 1 aliphatic heterocycles. The second kappa shape index (κ2) is 10.8. The van der Waals surface area contributed by atoms with Crippen molar-refractivity contribution in [3.8, 4) is 11.5 Å². The van der Waals surface area contributed by atoms with E-state index in [4.69, 9.17) is 9.47 Å². The predicted octanol–water partition coefficient (Wildman–Crippen LogP) is 4.75. The van der Waals surface area contributed by atoms with Crippen LogP contribution in [0.25, 0.3) is 6.08 Å². The Bertz CT molecular complexity index is 966. The number of hydrogen-bond acceptors (Lipinski definition) is 4. The van der Waals surface area contributed by atoms with Gasteiger partial charge in [0.25, 0.3) is 0 Å². The van der Waals surface area contributed by atoms with Gasteiger partial charge in [-0.1, -0.05) is 32.0 Å². The van der Waals surface area contributed by atoms with Crippen LogP contribution in [-0.4, -0.2) is 32.1 Å². The van der Waals surface area contributed by atoms with Gasteiger partial charge in [-0.3, -0.25) is 9.59 Å². The lowest BCUT2D eigenvalue weighted by molar-refractivity contribution is -0.117. The largest absolute Gasteiger partial charge is 0.493 e. The Balaban J connectivity index is 1.58. The van der Waals surface area contributed by atoms with Crippen molar-refractivity contribution in [1.82, 2.24) is 5.32 Å². The van der Waals surface area contributed by atoms with Gasteiger partial charge in [0.15, 0.2) is 11.5 Å². The Morgan fingerprint density at radius 3 is 2.50 bits per heavy atom. The minimum Gasteiger partial charge on any atom is -0.493 e. The van der Waals surface area contributed by atoms with E-state index in [-0.39, 0.29) is 17.9 Å². The first-order valence-electron chi connectivity index (χ1n) is 11.1. The molecule has 1 aliphatic rings. The first-order valence-corrected chi connectivity index (χ1v) is 11.1. The fourth-order valence-corrected chi connectivity index (χ4v) is 3.53. The van der Waals surface area contributed by atoms with Crippen LogP contribution < -0.4 is 19.7 Å². The van der Waals surface area contributed by atoms with Crippen LogP contribution in [0.5, 0.6) is 11.5 Å². The van der Waals surface area contributed by atoms with Gasteiger partial charge >= 0.3 is 0 Å². The van der Waals surface area contributed by atoms with Gasteiger partial charge in [0.2, 0.25) is 11.8 Å². The minimum atomic E-state index is -0.191. The predicted molar refractivity (Wildman–Crippen MR) is 127 cm³/mol. The second-order valence-electron chi connectivity index (χ2n) is 8.42.